The molecule has 10 heteroatoms. The van der Waals surface area contributed by atoms with E-state index < -0.39 is 13.7 Å². The fraction of sp³-hybridized carbons (Fsp3) is 0.417. The van der Waals surface area contributed by atoms with Crippen LogP contribution in [0.4, 0.5) is 17.1 Å². The summed E-state index contributed by atoms with van der Waals surface area (Å²) < 4.78 is 17.2. The van der Waals surface area contributed by atoms with Gasteiger partial charge in [0.2, 0.25) is 6.41 Å². The van der Waals surface area contributed by atoms with Crippen LogP contribution < -0.4 is 19.7 Å². The van der Waals surface area contributed by atoms with Crippen molar-refractivity contribution in [1.29, 1.82) is 0 Å². The second-order valence-corrected chi connectivity index (χ2v) is 17.4. The van der Waals surface area contributed by atoms with Gasteiger partial charge in [0.05, 0.1) is 34.1 Å². The predicted octanol–water partition coefficient (Wildman–Crippen LogP) is 5.28. The summed E-state index contributed by atoms with van der Waals surface area (Å²) in [5, 5.41) is 11.4. The van der Waals surface area contributed by atoms with E-state index in [1.54, 1.807) is 16.9 Å². The number of amides is 2. The number of benzene rings is 3. The van der Waals surface area contributed by atoms with Gasteiger partial charge in [-0.1, -0.05) is 55.5 Å². The molecule has 0 saturated carbocycles. The van der Waals surface area contributed by atoms with Crippen LogP contribution in [0.15, 0.2) is 72.8 Å². The number of carbonyl (C=O) groups is 3. The second kappa shape index (κ2) is 13.8. The number of nitrogens with zero attached hydrogens (tertiary/aromatic N) is 2. The smallest absolute Gasteiger partial charge is 0.305 e. The highest BCUT2D eigenvalue weighted by Crippen LogP contribution is 2.60. The summed E-state index contributed by atoms with van der Waals surface area (Å²) in [6.07, 6.45) is 2.27. The first-order valence-corrected chi connectivity index (χ1v) is 19.0. The Morgan fingerprint density at radius 3 is 2.39 bits per heavy atom. The Balaban J connectivity index is 1.60. The van der Waals surface area contributed by atoms with Crippen molar-refractivity contribution in [2.75, 3.05) is 37.2 Å². The van der Waals surface area contributed by atoms with Gasteiger partial charge in [0.1, 0.15) is 5.75 Å². The minimum Gasteiger partial charge on any atom is -0.497 e. The van der Waals surface area contributed by atoms with Gasteiger partial charge >= 0.3 is 5.97 Å². The number of hydrogen-bond donors (Lipinski definition) is 1. The minimum atomic E-state index is -2.34. The number of anilines is 3. The van der Waals surface area contributed by atoms with Crippen LogP contribution in [0, 0.1) is 5.92 Å². The van der Waals surface area contributed by atoms with Crippen molar-refractivity contribution in [2.24, 2.45) is 5.92 Å². The average molecular weight is 645 g/mol. The van der Waals surface area contributed by atoms with Gasteiger partial charge in [-0.25, -0.2) is 0 Å². The highest BCUT2D eigenvalue weighted by atomic mass is 28.3. The van der Waals surface area contributed by atoms with Gasteiger partial charge in [0, 0.05) is 42.4 Å². The maximum absolute atomic E-state index is 14.8. The molecule has 0 aromatic heterocycles. The van der Waals surface area contributed by atoms with Crippen LogP contribution in [0.25, 0.3) is 0 Å². The third-order valence-corrected chi connectivity index (χ3v) is 14.3. The van der Waals surface area contributed by atoms with Crippen LogP contribution >= 0.6 is 0 Å². The minimum absolute atomic E-state index is 0.0101. The Kier molecular flexibility index (Phi) is 10.00. The van der Waals surface area contributed by atoms with Crippen molar-refractivity contribution in [3.05, 3.63) is 78.4 Å². The lowest BCUT2D eigenvalue weighted by Gasteiger charge is -2.37. The molecule has 0 unspecified atom stereocenters. The molecule has 0 radical (unpaired) electrons. The summed E-state index contributed by atoms with van der Waals surface area (Å²) in [7, 11) is 0.683. The van der Waals surface area contributed by atoms with Crippen molar-refractivity contribution in [2.45, 2.75) is 62.9 Å². The van der Waals surface area contributed by atoms with Crippen molar-refractivity contribution in [3.8, 4) is 5.75 Å². The Hall–Kier alpha value is -3.99. The summed E-state index contributed by atoms with van der Waals surface area (Å²) >= 11 is 0. The normalized spacial score (nSPS) is 22.2. The number of rotatable bonds is 13. The lowest BCUT2D eigenvalue weighted by Crippen LogP contribution is -2.52. The lowest BCUT2D eigenvalue weighted by atomic mass is 9.82. The van der Waals surface area contributed by atoms with E-state index in [2.05, 4.69) is 32.2 Å². The van der Waals surface area contributed by atoms with Crippen LogP contribution in [0.5, 0.6) is 5.75 Å². The Labute approximate surface area is 272 Å². The van der Waals surface area contributed by atoms with E-state index in [9.17, 15) is 19.5 Å². The fourth-order valence-corrected chi connectivity index (χ4v) is 11.6. The zero-order chi connectivity index (χ0) is 33.1. The van der Waals surface area contributed by atoms with E-state index >= 15 is 0 Å². The maximum Gasteiger partial charge on any atom is 0.305 e. The van der Waals surface area contributed by atoms with Crippen molar-refractivity contribution < 1.29 is 33.7 Å². The molecular formula is C36H44N2O7Si. The standard InChI is InChI=1S/C36H44N2O7Si/c1-25-34(46(4,5)29-17-15-28(43-2)16-18-29)32(20-22-39)45-36(25)30-23-27(38(24-40)26-11-7-6-8-12-26)14-19-31(30)37(35(36)42)21-10-9-13-33(41)44-3/h6-8,11-12,14-19,23-25,32,34,39H,9-10,13,20-22H2,1-5H3/t25-,32+,34-,36+/m1/s1. The average Bonchev–Trinajstić information content (AvgIpc) is 3.50. The Morgan fingerprint density at radius 2 is 1.76 bits per heavy atom. The summed E-state index contributed by atoms with van der Waals surface area (Å²) in [6.45, 7) is 7.04. The molecule has 2 aliphatic rings. The molecule has 2 heterocycles. The quantitative estimate of drug-likeness (QED) is 0.117. The van der Waals surface area contributed by atoms with Crippen LogP contribution in [-0.2, 0) is 29.5 Å². The highest BCUT2D eigenvalue weighted by Gasteiger charge is 2.66. The molecule has 5 rings (SSSR count). The van der Waals surface area contributed by atoms with E-state index in [1.807, 2.05) is 60.7 Å². The molecule has 1 saturated heterocycles. The number of carbonyl (C=O) groups excluding carboxylic acids is 3. The first-order chi connectivity index (χ1) is 22.1. The largest absolute Gasteiger partial charge is 0.497 e. The van der Waals surface area contributed by atoms with Crippen molar-refractivity contribution >= 4 is 48.6 Å². The molecule has 46 heavy (non-hydrogen) atoms. The third kappa shape index (κ3) is 5.85. The van der Waals surface area contributed by atoms with Gasteiger partial charge in [-0.15, -0.1) is 0 Å². The summed E-state index contributed by atoms with van der Waals surface area (Å²) in [5.41, 5.74) is 1.49. The maximum atomic E-state index is 14.8. The number of ether oxygens (including phenoxy) is 3. The molecule has 1 fully saturated rings. The highest BCUT2D eigenvalue weighted by molar-refractivity contribution is 6.91. The van der Waals surface area contributed by atoms with Gasteiger partial charge in [0.25, 0.3) is 5.91 Å². The second-order valence-electron chi connectivity index (χ2n) is 12.7. The zero-order valence-electron chi connectivity index (χ0n) is 27.3. The van der Waals surface area contributed by atoms with E-state index in [4.69, 9.17) is 14.2 Å². The third-order valence-electron chi connectivity index (χ3n) is 9.89. The van der Waals surface area contributed by atoms with Crippen LogP contribution in [0.1, 0.15) is 38.2 Å². The monoisotopic (exact) mass is 644 g/mol. The number of para-hydroxylation sites is 1. The van der Waals surface area contributed by atoms with E-state index in [0.717, 1.165) is 23.4 Å². The van der Waals surface area contributed by atoms with Gasteiger partial charge in [-0.2, -0.15) is 0 Å². The molecular weight excluding hydrogens is 600 g/mol. The topological polar surface area (TPSA) is 106 Å². The summed E-state index contributed by atoms with van der Waals surface area (Å²) in [5.74, 6) is 0.113. The van der Waals surface area contributed by atoms with Gasteiger partial charge in [0.15, 0.2) is 5.60 Å². The van der Waals surface area contributed by atoms with Gasteiger partial charge < -0.3 is 24.2 Å². The predicted molar refractivity (Wildman–Crippen MR) is 181 cm³/mol. The van der Waals surface area contributed by atoms with Crippen LogP contribution in [-0.4, -0.2) is 64.9 Å². The van der Waals surface area contributed by atoms with Crippen molar-refractivity contribution in [1.82, 2.24) is 0 Å². The number of esters is 1. The first-order valence-electron chi connectivity index (χ1n) is 15.9. The Bertz CT molecular complexity index is 1550. The zero-order valence-corrected chi connectivity index (χ0v) is 28.3. The van der Waals surface area contributed by atoms with Crippen molar-refractivity contribution in [3.63, 3.8) is 0 Å². The van der Waals surface area contributed by atoms with E-state index in [-0.39, 0.29) is 42.5 Å². The number of aliphatic hydroxyl groups is 1. The SMILES string of the molecule is COC(=O)CCCCN1C(=O)[C@@]2(O[C@@H](CCO)[C@H]([Si](C)(C)c3ccc(OC)cc3)[C@H]2C)c2cc(N(C=O)c3ccccc3)ccc21. The molecule has 2 aliphatic heterocycles. The van der Waals surface area contributed by atoms with E-state index in [1.165, 1.54) is 12.3 Å². The molecule has 0 aliphatic carbocycles. The van der Waals surface area contributed by atoms with E-state index in [0.29, 0.717) is 37.2 Å². The number of methoxy groups -OCH3 is 2. The molecule has 1 spiro atoms. The number of unbranched alkanes of at least 4 members (excludes halogenated alkanes) is 1. The molecule has 3 aromatic carbocycles. The molecule has 3 aromatic rings. The molecule has 9 nitrogen and oxygen atoms in total. The number of hydrogen-bond acceptors (Lipinski definition) is 7. The number of aliphatic hydroxyl groups excluding tert-OH is 1. The first kappa shape index (κ1) is 33.4. The van der Waals surface area contributed by atoms with Gasteiger partial charge in [-0.05, 0) is 67.3 Å². The molecule has 2 amide bonds. The Morgan fingerprint density at radius 1 is 1.04 bits per heavy atom. The van der Waals surface area contributed by atoms with Crippen LogP contribution in [0.3, 0.4) is 0 Å². The lowest BCUT2D eigenvalue weighted by molar-refractivity contribution is -0.146. The number of fused-ring (bicyclic) bond motifs is 2. The molecule has 0 bridgehead atoms. The van der Waals surface area contributed by atoms with Gasteiger partial charge in [-0.3, -0.25) is 19.3 Å². The molecule has 1 N–H and O–H groups in total. The fourth-order valence-electron chi connectivity index (χ4n) is 7.57. The molecule has 4 atom stereocenters. The van der Waals surface area contributed by atoms with Crippen LogP contribution in [0.2, 0.25) is 18.6 Å². The summed E-state index contributed by atoms with van der Waals surface area (Å²) in [6, 6.07) is 23.2. The molecule has 244 valence electrons. The summed E-state index contributed by atoms with van der Waals surface area (Å²) in [4.78, 5) is 42.4.